The van der Waals surface area contributed by atoms with Crippen LogP contribution in [0.25, 0.3) is 5.69 Å². The Morgan fingerprint density at radius 3 is 2.31 bits per heavy atom. The van der Waals surface area contributed by atoms with Crippen molar-refractivity contribution in [3.63, 3.8) is 0 Å². The van der Waals surface area contributed by atoms with Crippen molar-refractivity contribution in [2.24, 2.45) is 11.8 Å². The van der Waals surface area contributed by atoms with Crippen molar-refractivity contribution in [2.75, 3.05) is 11.9 Å². The number of aromatic nitrogens is 3. The third kappa shape index (κ3) is 2.98. The first-order valence-electron chi connectivity index (χ1n) is 8.73. The Hall–Kier alpha value is -3.03. The minimum Gasteiger partial charge on any atom is -0.325 e. The van der Waals surface area contributed by atoms with E-state index in [9.17, 15) is 14.4 Å². The molecule has 1 saturated carbocycles. The van der Waals surface area contributed by atoms with E-state index in [1.54, 1.807) is 35.3 Å². The zero-order valence-electron chi connectivity index (χ0n) is 14.2. The Labute approximate surface area is 150 Å². The molecular weight excluding hydrogens is 334 g/mol. The van der Waals surface area contributed by atoms with Gasteiger partial charge in [0, 0.05) is 5.69 Å². The van der Waals surface area contributed by atoms with Crippen molar-refractivity contribution in [1.82, 2.24) is 19.7 Å². The lowest BCUT2D eigenvalue weighted by atomic mass is 9.81. The maximum atomic E-state index is 12.4. The second-order valence-corrected chi connectivity index (χ2v) is 6.70. The van der Waals surface area contributed by atoms with Crippen molar-refractivity contribution in [3.8, 4) is 5.69 Å². The first-order valence-corrected chi connectivity index (χ1v) is 8.73. The van der Waals surface area contributed by atoms with Crippen molar-refractivity contribution in [2.45, 2.75) is 25.7 Å². The number of imide groups is 1. The van der Waals surface area contributed by atoms with Crippen LogP contribution in [0.1, 0.15) is 25.7 Å². The van der Waals surface area contributed by atoms with Crippen LogP contribution in [0.3, 0.4) is 0 Å². The molecular formula is C18H19N5O3. The molecule has 8 nitrogen and oxygen atoms in total. The van der Waals surface area contributed by atoms with Gasteiger partial charge in [-0.1, -0.05) is 12.8 Å². The molecule has 4 rings (SSSR count). The number of fused-ring (bicyclic) bond motifs is 1. The van der Waals surface area contributed by atoms with Gasteiger partial charge in [-0.15, -0.1) is 0 Å². The van der Waals surface area contributed by atoms with E-state index in [1.807, 2.05) is 0 Å². The highest BCUT2D eigenvalue weighted by Gasteiger charge is 2.48. The van der Waals surface area contributed by atoms with Crippen LogP contribution < -0.4 is 5.32 Å². The van der Waals surface area contributed by atoms with Gasteiger partial charge in [0.1, 0.15) is 19.2 Å². The average molecular weight is 353 g/mol. The first-order chi connectivity index (χ1) is 12.6. The molecule has 1 aliphatic carbocycles. The number of carbonyl (C=O) groups is 3. The average Bonchev–Trinajstić information content (AvgIpc) is 3.27. The van der Waals surface area contributed by atoms with E-state index in [0.717, 1.165) is 36.3 Å². The molecule has 1 aromatic heterocycles. The quantitative estimate of drug-likeness (QED) is 0.838. The number of hydrogen-bond donors (Lipinski definition) is 1. The zero-order chi connectivity index (χ0) is 18.1. The summed E-state index contributed by atoms with van der Waals surface area (Å²) >= 11 is 0. The second kappa shape index (κ2) is 6.70. The molecule has 2 atom stereocenters. The van der Waals surface area contributed by atoms with Gasteiger partial charge in [0.15, 0.2) is 0 Å². The summed E-state index contributed by atoms with van der Waals surface area (Å²) in [7, 11) is 0. The maximum absolute atomic E-state index is 12.4. The Morgan fingerprint density at radius 1 is 1.08 bits per heavy atom. The van der Waals surface area contributed by atoms with E-state index in [4.69, 9.17) is 0 Å². The topological polar surface area (TPSA) is 97.2 Å². The third-order valence-electron chi connectivity index (χ3n) is 5.07. The summed E-state index contributed by atoms with van der Waals surface area (Å²) in [5, 5.41) is 6.77. The van der Waals surface area contributed by atoms with Crippen molar-refractivity contribution in [1.29, 1.82) is 0 Å². The minimum atomic E-state index is -0.376. The summed E-state index contributed by atoms with van der Waals surface area (Å²) in [6, 6.07) is 7.07. The highest BCUT2D eigenvalue weighted by Crippen LogP contribution is 2.37. The number of nitrogens with zero attached hydrogens (tertiary/aromatic N) is 4. The number of amides is 3. The molecule has 26 heavy (non-hydrogen) atoms. The molecule has 1 N–H and O–H groups in total. The largest absolute Gasteiger partial charge is 0.325 e. The Bertz CT molecular complexity index is 807. The Balaban J connectivity index is 1.39. The van der Waals surface area contributed by atoms with Gasteiger partial charge >= 0.3 is 0 Å². The summed E-state index contributed by atoms with van der Waals surface area (Å²) in [6.07, 6.45) is 6.46. The van der Waals surface area contributed by atoms with Crippen molar-refractivity contribution < 1.29 is 14.4 Å². The number of hydrogen-bond acceptors (Lipinski definition) is 5. The molecule has 0 bridgehead atoms. The number of nitrogens with one attached hydrogen (secondary N) is 1. The van der Waals surface area contributed by atoms with Crippen LogP contribution in [0.4, 0.5) is 5.69 Å². The molecule has 0 radical (unpaired) electrons. The van der Waals surface area contributed by atoms with E-state index in [-0.39, 0.29) is 36.1 Å². The van der Waals surface area contributed by atoms with E-state index >= 15 is 0 Å². The van der Waals surface area contributed by atoms with E-state index in [0.29, 0.717) is 5.69 Å². The predicted octanol–water partition coefficient (Wildman–Crippen LogP) is 1.38. The summed E-state index contributed by atoms with van der Waals surface area (Å²) in [5.41, 5.74) is 1.41. The lowest BCUT2D eigenvalue weighted by Gasteiger charge is -2.19. The van der Waals surface area contributed by atoms with Crippen LogP contribution in [-0.4, -0.2) is 43.9 Å². The summed E-state index contributed by atoms with van der Waals surface area (Å²) in [6.45, 7) is -0.227. The summed E-state index contributed by atoms with van der Waals surface area (Å²) in [5.74, 6) is -1.23. The van der Waals surface area contributed by atoms with Gasteiger partial charge in [-0.25, -0.2) is 9.67 Å². The molecule has 3 amide bonds. The Kier molecular flexibility index (Phi) is 4.24. The predicted molar refractivity (Wildman–Crippen MR) is 92.2 cm³/mol. The molecule has 2 fully saturated rings. The number of rotatable bonds is 4. The van der Waals surface area contributed by atoms with Crippen LogP contribution >= 0.6 is 0 Å². The van der Waals surface area contributed by atoms with Gasteiger partial charge in [-0.3, -0.25) is 19.3 Å². The third-order valence-corrected chi connectivity index (χ3v) is 5.07. The minimum absolute atomic E-state index is 0.198. The standard InChI is InChI=1S/C18H19N5O3/c24-16(9-22-17(25)14-3-1-2-4-15(14)18(22)26)21-12-5-7-13(8-6-12)23-11-19-10-20-23/h5-8,10-11,14-15H,1-4,9H2,(H,21,24). The molecule has 2 aromatic rings. The fourth-order valence-electron chi connectivity index (χ4n) is 3.77. The normalized spacial score (nSPS) is 22.4. The lowest BCUT2D eigenvalue weighted by molar-refractivity contribution is -0.142. The Morgan fingerprint density at radius 2 is 1.73 bits per heavy atom. The molecule has 0 spiro atoms. The maximum Gasteiger partial charge on any atom is 0.244 e. The van der Waals surface area contributed by atoms with Crippen LogP contribution in [-0.2, 0) is 14.4 Å². The van der Waals surface area contributed by atoms with Gasteiger partial charge in [0.25, 0.3) is 0 Å². The lowest BCUT2D eigenvalue weighted by Crippen LogP contribution is -2.38. The van der Waals surface area contributed by atoms with Crippen LogP contribution in [0.2, 0.25) is 0 Å². The number of likely N-dealkylation sites (tertiary alicyclic amines) is 1. The van der Waals surface area contributed by atoms with Crippen LogP contribution in [0.15, 0.2) is 36.9 Å². The molecule has 2 heterocycles. The highest BCUT2D eigenvalue weighted by molar-refractivity contribution is 6.08. The van der Waals surface area contributed by atoms with E-state index in [2.05, 4.69) is 15.4 Å². The van der Waals surface area contributed by atoms with Crippen LogP contribution in [0.5, 0.6) is 0 Å². The fourth-order valence-corrected chi connectivity index (χ4v) is 3.77. The van der Waals surface area contributed by atoms with Crippen molar-refractivity contribution >= 4 is 23.4 Å². The molecule has 1 aliphatic heterocycles. The molecule has 1 aromatic carbocycles. The van der Waals surface area contributed by atoms with E-state index in [1.165, 1.54) is 6.33 Å². The number of benzene rings is 1. The molecule has 8 heteroatoms. The molecule has 134 valence electrons. The smallest absolute Gasteiger partial charge is 0.244 e. The van der Waals surface area contributed by atoms with Gasteiger partial charge in [0.05, 0.1) is 17.5 Å². The zero-order valence-corrected chi connectivity index (χ0v) is 14.2. The SMILES string of the molecule is O=C(CN1C(=O)C2CCCCC2C1=O)Nc1ccc(-n2cncn2)cc1. The van der Waals surface area contributed by atoms with E-state index < -0.39 is 0 Å². The first kappa shape index (κ1) is 16.4. The van der Waals surface area contributed by atoms with Crippen LogP contribution in [0, 0.1) is 11.8 Å². The second-order valence-electron chi connectivity index (χ2n) is 6.70. The summed E-state index contributed by atoms with van der Waals surface area (Å²) < 4.78 is 1.61. The van der Waals surface area contributed by atoms with Gasteiger partial charge < -0.3 is 5.32 Å². The van der Waals surface area contributed by atoms with Crippen molar-refractivity contribution in [3.05, 3.63) is 36.9 Å². The molecule has 2 unspecified atom stereocenters. The number of anilines is 1. The monoisotopic (exact) mass is 353 g/mol. The van der Waals surface area contributed by atoms with Gasteiger partial charge in [-0.2, -0.15) is 5.10 Å². The summed E-state index contributed by atoms with van der Waals surface area (Å²) in [4.78, 5) is 42.2. The molecule has 1 saturated heterocycles. The molecule has 2 aliphatic rings. The fraction of sp³-hybridized carbons (Fsp3) is 0.389. The van der Waals surface area contributed by atoms with Gasteiger partial charge in [-0.05, 0) is 37.1 Å². The number of carbonyl (C=O) groups excluding carboxylic acids is 3. The highest BCUT2D eigenvalue weighted by atomic mass is 16.2. The van der Waals surface area contributed by atoms with Gasteiger partial charge in [0.2, 0.25) is 17.7 Å².